The molecule has 0 unspecified atom stereocenters. The third kappa shape index (κ3) is 3.47. The lowest BCUT2D eigenvalue weighted by Crippen LogP contribution is -2.46. The fourth-order valence-electron chi connectivity index (χ4n) is 3.11. The van der Waals surface area contributed by atoms with Crippen molar-refractivity contribution in [3.63, 3.8) is 0 Å². The molecule has 2 heterocycles. The lowest BCUT2D eigenvalue weighted by Gasteiger charge is -2.34. The molecule has 1 aromatic rings. The van der Waals surface area contributed by atoms with Crippen molar-refractivity contribution in [2.45, 2.75) is 50.7 Å². The summed E-state index contributed by atoms with van der Waals surface area (Å²) >= 11 is 0. The Labute approximate surface area is 137 Å². The molecular formula is C16H20F3N3O2. The molecule has 2 fully saturated rings. The van der Waals surface area contributed by atoms with Crippen LogP contribution in [0.4, 0.5) is 13.2 Å². The minimum atomic E-state index is -4.21. The van der Waals surface area contributed by atoms with Gasteiger partial charge in [-0.05, 0) is 38.7 Å². The second-order valence-corrected chi connectivity index (χ2v) is 6.63. The summed E-state index contributed by atoms with van der Waals surface area (Å²) in [6, 6.07) is 2.28. The van der Waals surface area contributed by atoms with Crippen LogP contribution in [0.1, 0.15) is 50.3 Å². The van der Waals surface area contributed by atoms with E-state index in [0.717, 1.165) is 23.2 Å². The van der Waals surface area contributed by atoms with E-state index in [1.165, 1.54) is 11.0 Å². The Balaban J connectivity index is 1.69. The van der Waals surface area contributed by atoms with Gasteiger partial charge in [-0.2, -0.15) is 18.3 Å². The minimum Gasteiger partial charge on any atom is -0.341 e. The van der Waals surface area contributed by atoms with Crippen LogP contribution in [0, 0.1) is 5.92 Å². The molecule has 0 N–H and O–H groups in total. The summed E-state index contributed by atoms with van der Waals surface area (Å²) < 4.78 is 39.3. The van der Waals surface area contributed by atoms with Crippen molar-refractivity contribution in [2.75, 3.05) is 13.1 Å². The maximum atomic E-state index is 12.7. The number of hydrogen-bond acceptors (Lipinski definition) is 3. The predicted molar refractivity (Wildman–Crippen MR) is 80.5 cm³/mol. The first-order valence-electron chi connectivity index (χ1n) is 8.22. The standard InChI is InChI=1S/C16H20F3N3O2/c1-10(22-14(23)5-4-13(20-22)11-2-3-11)15(24)21-8-6-12(7-9-21)16(17,18)19/h4-5,10-12H,2-3,6-9H2,1H3/t10-/m1/s1. The summed E-state index contributed by atoms with van der Waals surface area (Å²) in [6.45, 7) is 1.69. The van der Waals surface area contributed by atoms with Crippen molar-refractivity contribution in [1.82, 2.24) is 14.7 Å². The number of piperidine rings is 1. The third-order valence-electron chi connectivity index (χ3n) is 4.84. The number of alkyl halides is 3. The molecule has 0 spiro atoms. The van der Waals surface area contributed by atoms with E-state index in [2.05, 4.69) is 5.10 Å². The average Bonchev–Trinajstić information content (AvgIpc) is 3.38. The van der Waals surface area contributed by atoms with Crippen LogP contribution in [-0.4, -0.2) is 39.9 Å². The Morgan fingerprint density at radius 2 is 1.83 bits per heavy atom. The molecule has 3 rings (SSSR count). The number of amides is 1. The van der Waals surface area contributed by atoms with Gasteiger partial charge in [-0.25, -0.2) is 4.68 Å². The van der Waals surface area contributed by atoms with E-state index in [9.17, 15) is 22.8 Å². The third-order valence-corrected chi connectivity index (χ3v) is 4.84. The highest BCUT2D eigenvalue weighted by Crippen LogP contribution is 2.38. The van der Waals surface area contributed by atoms with Crippen molar-refractivity contribution in [2.24, 2.45) is 5.92 Å². The van der Waals surface area contributed by atoms with Crippen LogP contribution < -0.4 is 5.56 Å². The average molecular weight is 343 g/mol. The lowest BCUT2D eigenvalue weighted by molar-refractivity contribution is -0.186. The zero-order valence-corrected chi connectivity index (χ0v) is 13.4. The van der Waals surface area contributed by atoms with E-state index in [0.29, 0.717) is 5.92 Å². The topological polar surface area (TPSA) is 55.2 Å². The van der Waals surface area contributed by atoms with E-state index >= 15 is 0 Å². The van der Waals surface area contributed by atoms with E-state index in [1.807, 2.05) is 0 Å². The minimum absolute atomic E-state index is 0.0599. The van der Waals surface area contributed by atoms with Crippen LogP contribution in [0.25, 0.3) is 0 Å². The number of hydrogen-bond donors (Lipinski definition) is 0. The molecule has 1 saturated carbocycles. The van der Waals surface area contributed by atoms with Gasteiger partial charge in [0.05, 0.1) is 11.6 Å². The number of halogens is 3. The molecule has 0 aromatic carbocycles. The van der Waals surface area contributed by atoms with E-state index in [-0.39, 0.29) is 37.4 Å². The maximum Gasteiger partial charge on any atom is 0.391 e. The number of rotatable bonds is 3. The Kier molecular flexibility index (Phi) is 4.40. The van der Waals surface area contributed by atoms with Gasteiger partial charge in [-0.3, -0.25) is 9.59 Å². The first-order chi connectivity index (χ1) is 11.3. The number of carbonyl (C=O) groups excluding carboxylic acids is 1. The molecule has 1 aliphatic heterocycles. The van der Waals surface area contributed by atoms with Crippen LogP contribution in [0.5, 0.6) is 0 Å². The van der Waals surface area contributed by atoms with E-state index < -0.39 is 18.1 Å². The lowest BCUT2D eigenvalue weighted by atomic mass is 9.96. The molecule has 132 valence electrons. The van der Waals surface area contributed by atoms with Crippen molar-refractivity contribution in [3.05, 3.63) is 28.2 Å². The molecule has 1 aliphatic carbocycles. The van der Waals surface area contributed by atoms with Crippen molar-refractivity contribution >= 4 is 5.91 Å². The summed E-state index contributed by atoms with van der Waals surface area (Å²) in [5.41, 5.74) is 0.426. The summed E-state index contributed by atoms with van der Waals surface area (Å²) in [4.78, 5) is 26.0. The molecule has 1 aromatic heterocycles. The Bertz CT molecular complexity index is 674. The highest BCUT2D eigenvalue weighted by atomic mass is 19.4. The monoisotopic (exact) mass is 343 g/mol. The summed E-state index contributed by atoms with van der Waals surface area (Å²) in [7, 11) is 0. The first kappa shape index (κ1) is 17.0. The SMILES string of the molecule is C[C@H](C(=O)N1CCC(C(F)(F)F)CC1)n1nc(C2CC2)ccc1=O. The number of likely N-dealkylation sites (tertiary alicyclic amines) is 1. The molecule has 0 bridgehead atoms. The van der Waals surface area contributed by atoms with Gasteiger partial charge in [-0.1, -0.05) is 0 Å². The molecule has 1 atom stereocenters. The summed E-state index contributed by atoms with van der Waals surface area (Å²) in [6.07, 6.45) is -2.34. The van der Waals surface area contributed by atoms with Gasteiger partial charge in [0.2, 0.25) is 5.91 Å². The number of nitrogens with zero attached hydrogens (tertiary/aromatic N) is 3. The van der Waals surface area contributed by atoms with Crippen LogP contribution in [0.15, 0.2) is 16.9 Å². The van der Waals surface area contributed by atoms with Gasteiger partial charge in [0.15, 0.2) is 0 Å². The van der Waals surface area contributed by atoms with Gasteiger partial charge in [0, 0.05) is 25.1 Å². The molecule has 8 heteroatoms. The van der Waals surface area contributed by atoms with Crippen LogP contribution in [0.2, 0.25) is 0 Å². The largest absolute Gasteiger partial charge is 0.391 e. The molecule has 2 aliphatic rings. The molecule has 0 radical (unpaired) electrons. The molecule has 5 nitrogen and oxygen atoms in total. The van der Waals surface area contributed by atoms with Gasteiger partial charge < -0.3 is 4.90 Å². The quantitative estimate of drug-likeness (QED) is 0.847. The number of carbonyl (C=O) groups is 1. The first-order valence-corrected chi connectivity index (χ1v) is 8.22. The van der Waals surface area contributed by atoms with Gasteiger partial charge in [0.1, 0.15) is 6.04 Å². The van der Waals surface area contributed by atoms with Gasteiger partial charge in [-0.15, -0.1) is 0 Å². The summed E-state index contributed by atoms with van der Waals surface area (Å²) in [5.74, 6) is -1.35. The Hall–Kier alpha value is -1.86. The fraction of sp³-hybridized carbons (Fsp3) is 0.688. The number of aromatic nitrogens is 2. The summed E-state index contributed by atoms with van der Waals surface area (Å²) in [5, 5.41) is 4.28. The van der Waals surface area contributed by atoms with Crippen molar-refractivity contribution in [1.29, 1.82) is 0 Å². The normalized spacial score (nSPS) is 20.9. The Morgan fingerprint density at radius 1 is 1.21 bits per heavy atom. The van der Waals surface area contributed by atoms with E-state index in [1.54, 1.807) is 13.0 Å². The van der Waals surface area contributed by atoms with Gasteiger partial charge in [0.25, 0.3) is 5.56 Å². The molecule has 24 heavy (non-hydrogen) atoms. The van der Waals surface area contributed by atoms with Crippen LogP contribution >= 0.6 is 0 Å². The fourth-order valence-corrected chi connectivity index (χ4v) is 3.11. The van der Waals surface area contributed by atoms with Crippen molar-refractivity contribution < 1.29 is 18.0 Å². The zero-order valence-electron chi connectivity index (χ0n) is 13.4. The maximum absolute atomic E-state index is 12.7. The zero-order chi connectivity index (χ0) is 17.5. The van der Waals surface area contributed by atoms with Crippen LogP contribution in [0.3, 0.4) is 0 Å². The van der Waals surface area contributed by atoms with Crippen LogP contribution in [-0.2, 0) is 4.79 Å². The second-order valence-electron chi connectivity index (χ2n) is 6.63. The van der Waals surface area contributed by atoms with Crippen molar-refractivity contribution in [3.8, 4) is 0 Å². The molecule has 1 saturated heterocycles. The smallest absolute Gasteiger partial charge is 0.341 e. The molecule has 1 amide bonds. The predicted octanol–water partition coefficient (Wildman–Crippen LogP) is 2.48. The highest BCUT2D eigenvalue weighted by Gasteiger charge is 2.42. The molecular weight excluding hydrogens is 323 g/mol. The second kappa shape index (κ2) is 6.22. The Morgan fingerprint density at radius 3 is 2.38 bits per heavy atom. The van der Waals surface area contributed by atoms with E-state index in [4.69, 9.17) is 0 Å². The highest BCUT2D eigenvalue weighted by molar-refractivity contribution is 5.80. The van der Waals surface area contributed by atoms with Gasteiger partial charge >= 0.3 is 6.18 Å².